The van der Waals surface area contributed by atoms with Crippen molar-refractivity contribution in [1.29, 1.82) is 0 Å². The second-order valence-electron chi connectivity index (χ2n) is 7.31. The maximum absolute atomic E-state index is 13.7. The van der Waals surface area contributed by atoms with Gasteiger partial charge in [-0.1, -0.05) is 18.2 Å². The summed E-state index contributed by atoms with van der Waals surface area (Å²) in [5, 5.41) is 2.86. The SMILES string of the molecule is O=C(NCc1ccccc1F)[C@@H]1CCc2sc(C(=O)N3CCCC3)cc2C1. The van der Waals surface area contributed by atoms with Gasteiger partial charge in [-0.3, -0.25) is 9.59 Å². The van der Waals surface area contributed by atoms with E-state index >= 15 is 0 Å². The molecule has 0 spiro atoms. The first-order valence-electron chi connectivity index (χ1n) is 9.54. The van der Waals surface area contributed by atoms with E-state index in [2.05, 4.69) is 5.32 Å². The number of halogens is 1. The van der Waals surface area contributed by atoms with Gasteiger partial charge in [0.2, 0.25) is 5.91 Å². The van der Waals surface area contributed by atoms with Crippen LogP contribution >= 0.6 is 11.3 Å². The van der Waals surface area contributed by atoms with Crippen molar-refractivity contribution in [3.8, 4) is 0 Å². The van der Waals surface area contributed by atoms with E-state index in [1.165, 1.54) is 10.9 Å². The number of carbonyl (C=O) groups is 2. The van der Waals surface area contributed by atoms with Crippen LogP contribution in [0.25, 0.3) is 0 Å². The zero-order valence-corrected chi connectivity index (χ0v) is 16.0. The highest BCUT2D eigenvalue weighted by Gasteiger charge is 2.29. The van der Waals surface area contributed by atoms with Crippen molar-refractivity contribution in [3.05, 3.63) is 57.0 Å². The van der Waals surface area contributed by atoms with Gasteiger partial charge in [0.25, 0.3) is 5.91 Å². The number of likely N-dealkylation sites (tertiary alicyclic amines) is 1. The van der Waals surface area contributed by atoms with Gasteiger partial charge in [-0.05, 0) is 49.8 Å². The predicted octanol–water partition coefficient (Wildman–Crippen LogP) is 3.54. The van der Waals surface area contributed by atoms with Gasteiger partial charge in [-0.15, -0.1) is 11.3 Å². The highest BCUT2D eigenvalue weighted by molar-refractivity contribution is 7.14. The zero-order valence-electron chi connectivity index (χ0n) is 15.2. The highest BCUT2D eigenvalue weighted by atomic mass is 32.1. The Bertz CT molecular complexity index is 858. The van der Waals surface area contributed by atoms with Crippen molar-refractivity contribution in [2.75, 3.05) is 13.1 Å². The molecule has 1 fully saturated rings. The van der Waals surface area contributed by atoms with Crippen molar-refractivity contribution in [3.63, 3.8) is 0 Å². The van der Waals surface area contributed by atoms with E-state index in [4.69, 9.17) is 0 Å². The van der Waals surface area contributed by atoms with Crippen LogP contribution in [0.4, 0.5) is 4.39 Å². The molecule has 27 heavy (non-hydrogen) atoms. The molecule has 2 aliphatic rings. The van der Waals surface area contributed by atoms with E-state index in [1.807, 2.05) is 11.0 Å². The minimum Gasteiger partial charge on any atom is -0.352 e. The number of aryl methyl sites for hydroxylation is 1. The molecule has 4 nitrogen and oxygen atoms in total. The molecule has 1 N–H and O–H groups in total. The maximum Gasteiger partial charge on any atom is 0.263 e. The summed E-state index contributed by atoms with van der Waals surface area (Å²) in [5.41, 5.74) is 1.62. The lowest BCUT2D eigenvalue weighted by Crippen LogP contribution is -2.33. The summed E-state index contributed by atoms with van der Waals surface area (Å²) in [4.78, 5) is 29.1. The predicted molar refractivity (Wildman–Crippen MR) is 103 cm³/mol. The van der Waals surface area contributed by atoms with Gasteiger partial charge in [0.1, 0.15) is 5.82 Å². The van der Waals surface area contributed by atoms with Crippen LogP contribution in [-0.4, -0.2) is 29.8 Å². The summed E-state index contributed by atoms with van der Waals surface area (Å²) >= 11 is 1.58. The van der Waals surface area contributed by atoms with Gasteiger partial charge in [-0.2, -0.15) is 0 Å². The normalized spacial score (nSPS) is 19.0. The molecule has 142 valence electrons. The number of carbonyl (C=O) groups excluding carboxylic acids is 2. The smallest absolute Gasteiger partial charge is 0.263 e. The van der Waals surface area contributed by atoms with Gasteiger partial charge in [0.15, 0.2) is 0 Å². The zero-order chi connectivity index (χ0) is 18.8. The number of thiophene rings is 1. The third-order valence-electron chi connectivity index (χ3n) is 5.47. The Balaban J connectivity index is 1.38. The summed E-state index contributed by atoms with van der Waals surface area (Å²) in [6.45, 7) is 1.90. The number of nitrogens with one attached hydrogen (secondary N) is 1. The first kappa shape index (κ1) is 18.2. The Morgan fingerprint density at radius 1 is 1.22 bits per heavy atom. The molecule has 6 heteroatoms. The lowest BCUT2D eigenvalue weighted by Gasteiger charge is -2.21. The maximum atomic E-state index is 13.7. The Morgan fingerprint density at radius 2 is 2.00 bits per heavy atom. The van der Waals surface area contributed by atoms with Crippen LogP contribution in [0.3, 0.4) is 0 Å². The molecule has 1 atom stereocenters. The van der Waals surface area contributed by atoms with E-state index in [0.717, 1.165) is 49.2 Å². The standard InChI is InChI=1S/C21H23FN2O2S/c22-17-6-2-1-5-15(17)13-23-20(25)14-7-8-18-16(11-14)12-19(27-18)21(26)24-9-3-4-10-24/h1-2,5-6,12,14H,3-4,7-11,13H2,(H,23,25)/t14-/m1/s1. The van der Waals surface area contributed by atoms with Crippen molar-refractivity contribution >= 4 is 23.2 Å². The van der Waals surface area contributed by atoms with E-state index in [9.17, 15) is 14.0 Å². The molecular formula is C21H23FN2O2S. The third kappa shape index (κ3) is 3.90. The molecule has 0 unspecified atom stereocenters. The highest BCUT2D eigenvalue weighted by Crippen LogP contribution is 2.33. The molecule has 0 bridgehead atoms. The van der Waals surface area contributed by atoms with Crippen molar-refractivity contribution in [2.45, 2.75) is 38.6 Å². The molecule has 1 aromatic heterocycles. The lowest BCUT2D eigenvalue weighted by molar-refractivity contribution is -0.125. The molecule has 1 saturated heterocycles. The molecule has 2 amide bonds. The number of amides is 2. The number of fused-ring (bicyclic) bond motifs is 1. The van der Waals surface area contributed by atoms with Gasteiger partial charge in [-0.25, -0.2) is 4.39 Å². The Hall–Kier alpha value is -2.21. The lowest BCUT2D eigenvalue weighted by atomic mass is 9.87. The molecular weight excluding hydrogens is 363 g/mol. The molecule has 1 aliphatic heterocycles. The van der Waals surface area contributed by atoms with E-state index in [0.29, 0.717) is 12.0 Å². The molecule has 2 heterocycles. The first-order chi connectivity index (χ1) is 13.1. The largest absolute Gasteiger partial charge is 0.352 e. The topological polar surface area (TPSA) is 49.4 Å². The number of hydrogen-bond donors (Lipinski definition) is 1. The number of rotatable bonds is 4. The summed E-state index contributed by atoms with van der Waals surface area (Å²) in [6, 6.07) is 8.47. The van der Waals surface area contributed by atoms with Crippen LogP contribution in [0.1, 0.15) is 44.9 Å². The average molecular weight is 386 g/mol. The minimum absolute atomic E-state index is 0.0393. The second kappa shape index (κ2) is 7.80. The van der Waals surface area contributed by atoms with Crippen molar-refractivity contribution < 1.29 is 14.0 Å². The molecule has 4 rings (SSSR count). The van der Waals surface area contributed by atoms with Gasteiger partial charge < -0.3 is 10.2 Å². The van der Waals surface area contributed by atoms with Crippen molar-refractivity contribution in [1.82, 2.24) is 10.2 Å². The number of benzene rings is 1. The second-order valence-corrected chi connectivity index (χ2v) is 8.44. The molecule has 0 radical (unpaired) electrons. The molecule has 1 aliphatic carbocycles. The fourth-order valence-corrected chi connectivity index (χ4v) is 5.07. The van der Waals surface area contributed by atoms with Crippen LogP contribution in [-0.2, 0) is 24.2 Å². The summed E-state index contributed by atoms with van der Waals surface area (Å²) < 4.78 is 13.7. The number of nitrogens with zero attached hydrogens (tertiary/aromatic N) is 1. The van der Waals surface area contributed by atoms with Crippen LogP contribution in [0.5, 0.6) is 0 Å². The van der Waals surface area contributed by atoms with Gasteiger partial charge in [0.05, 0.1) is 4.88 Å². The number of hydrogen-bond acceptors (Lipinski definition) is 3. The van der Waals surface area contributed by atoms with Crippen LogP contribution in [0, 0.1) is 11.7 Å². The van der Waals surface area contributed by atoms with E-state index < -0.39 is 0 Å². The van der Waals surface area contributed by atoms with E-state index in [-0.39, 0.29) is 30.1 Å². The molecule has 1 aromatic carbocycles. The third-order valence-corrected chi connectivity index (χ3v) is 6.69. The van der Waals surface area contributed by atoms with Gasteiger partial charge in [0, 0.05) is 36.0 Å². The van der Waals surface area contributed by atoms with Crippen LogP contribution in [0.15, 0.2) is 30.3 Å². The average Bonchev–Trinajstić information content (AvgIpc) is 3.35. The minimum atomic E-state index is -0.299. The Morgan fingerprint density at radius 3 is 2.78 bits per heavy atom. The molecule has 0 saturated carbocycles. The summed E-state index contributed by atoms with van der Waals surface area (Å²) in [6.07, 6.45) is 4.42. The Labute approximate surface area is 162 Å². The summed E-state index contributed by atoms with van der Waals surface area (Å²) in [5.74, 6) is -0.324. The van der Waals surface area contributed by atoms with Crippen molar-refractivity contribution in [2.24, 2.45) is 5.92 Å². The summed E-state index contributed by atoms with van der Waals surface area (Å²) in [7, 11) is 0. The van der Waals surface area contributed by atoms with Crippen LogP contribution in [0.2, 0.25) is 0 Å². The monoisotopic (exact) mass is 386 g/mol. The van der Waals surface area contributed by atoms with Crippen LogP contribution < -0.4 is 5.32 Å². The Kier molecular flexibility index (Phi) is 5.25. The van der Waals surface area contributed by atoms with Gasteiger partial charge >= 0.3 is 0 Å². The quantitative estimate of drug-likeness (QED) is 0.874. The first-order valence-corrected chi connectivity index (χ1v) is 10.4. The van der Waals surface area contributed by atoms with E-state index in [1.54, 1.807) is 29.5 Å². The fourth-order valence-electron chi connectivity index (χ4n) is 3.90. The fraction of sp³-hybridized carbons (Fsp3) is 0.429. The molecule has 2 aromatic rings.